The van der Waals surface area contributed by atoms with Gasteiger partial charge in [0.15, 0.2) is 0 Å². The summed E-state index contributed by atoms with van der Waals surface area (Å²) in [5.41, 5.74) is 3.08. The lowest BCUT2D eigenvalue weighted by molar-refractivity contribution is 0.0951. The zero-order valence-corrected chi connectivity index (χ0v) is 19.0. The maximum absolute atomic E-state index is 13.2. The Morgan fingerprint density at radius 3 is 2.48 bits per heavy atom. The number of sulfonamides is 1. The summed E-state index contributed by atoms with van der Waals surface area (Å²) in [7, 11) is -3.67. The van der Waals surface area contributed by atoms with Crippen LogP contribution in [0.15, 0.2) is 95.9 Å². The molecule has 5 nitrogen and oxygen atoms in total. The monoisotopic (exact) mass is 456 g/mol. The van der Waals surface area contributed by atoms with Crippen LogP contribution < -0.4 is 9.62 Å². The fourth-order valence-corrected chi connectivity index (χ4v) is 6.25. The number of fused-ring (bicyclic) bond motifs is 2. The number of rotatable bonds is 5. The Bertz CT molecular complexity index is 1440. The molecule has 6 heteroatoms. The first-order valence-corrected chi connectivity index (χ1v) is 12.4. The van der Waals surface area contributed by atoms with Gasteiger partial charge in [-0.2, -0.15) is 0 Å². The van der Waals surface area contributed by atoms with E-state index in [1.165, 1.54) is 4.31 Å². The van der Waals surface area contributed by atoms with Crippen LogP contribution in [-0.2, 0) is 23.0 Å². The summed E-state index contributed by atoms with van der Waals surface area (Å²) in [5, 5.41) is 5.26. The molecule has 1 atom stereocenters. The molecule has 1 heterocycles. The third kappa shape index (κ3) is 3.87. The Labute approximate surface area is 193 Å². The van der Waals surface area contributed by atoms with Crippen LogP contribution in [0.1, 0.15) is 28.4 Å². The van der Waals surface area contributed by atoms with E-state index < -0.39 is 10.0 Å². The molecule has 1 N–H and O–H groups in total. The lowest BCUT2D eigenvalue weighted by atomic mass is 10.0. The minimum absolute atomic E-state index is 0.178. The minimum atomic E-state index is -3.67. The van der Waals surface area contributed by atoms with Gasteiger partial charge in [0.25, 0.3) is 15.9 Å². The first-order valence-electron chi connectivity index (χ1n) is 10.9. The van der Waals surface area contributed by atoms with E-state index in [2.05, 4.69) is 23.5 Å². The lowest BCUT2D eigenvalue weighted by Crippen LogP contribution is -2.35. The predicted octanol–water partition coefficient (Wildman–Crippen LogP) is 4.91. The Kier molecular flexibility index (Phi) is 5.38. The molecule has 5 rings (SSSR count). The van der Waals surface area contributed by atoms with E-state index in [0.717, 1.165) is 21.9 Å². The van der Waals surface area contributed by atoms with Crippen molar-refractivity contribution >= 4 is 32.4 Å². The van der Waals surface area contributed by atoms with Gasteiger partial charge < -0.3 is 5.32 Å². The second kappa shape index (κ2) is 8.37. The molecule has 1 aliphatic rings. The fourth-order valence-electron chi connectivity index (χ4n) is 4.54. The van der Waals surface area contributed by atoms with Gasteiger partial charge in [-0.15, -0.1) is 0 Å². The Balaban J connectivity index is 1.38. The minimum Gasteiger partial charge on any atom is -0.348 e. The number of anilines is 1. The van der Waals surface area contributed by atoms with E-state index >= 15 is 0 Å². The maximum Gasteiger partial charge on any atom is 0.264 e. The molecule has 1 amide bonds. The molecule has 0 radical (unpaired) electrons. The smallest absolute Gasteiger partial charge is 0.264 e. The van der Waals surface area contributed by atoms with Gasteiger partial charge in [-0.25, -0.2) is 8.42 Å². The summed E-state index contributed by atoms with van der Waals surface area (Å²) in [6, 6.07) is 27.6. The normalized spacial score (nSPS) is 15.4. The summed E-state index contributed by atoms with van der Waals surface area (Å²) in [5.74, 6) is -0.178. The summed E-state index contributed by atoms with van der Waals surface area (Å²) in [6.07, 6.45) is 0.561. The van der Waals surface area contributed by atoms with E-state index in [4.69, 9.17) is 0 Å². The molecular formula is C27H24N2O3S. The molecule has 166 valence electrons. The van der Waals surface area contributed by atoms with Gasteiger partial charge in [0.05, 0.1) is 10.6 Å². The zero-order chi connectivity index (χ0) is 23.0. The number of nitrogens with one attached hydrogen (secondary N) is 1. The van der Waals surface area contributed by atoms with Crippen LogP contribution in [-0.4, -0.2) is 20.4 Å². The standard InChI is InChI=1S/C27H24N2O3S/c1-19-16-23-17-21(14-15-26(23)29(19)33(31,32)24-11-3-2-4-12-24)27(30)28-18-22-10-7-9-20-8-5-6-13-25(20)22/h2-15,17,19H,16,18H2,1H3,(H,28,30). The molecule has 0 aliphatic carbocycles. The van der Waals surface area contributed by atoms with Gasteiger partial charge in [-0.05, 0) is 65.6 Å². The quantitative estimate of drug-likeness (QED) is 0.464. The third-order valence-electron chi connectivity index (χ3n) is 6.11. The van der Waals surface area contributed by atoms with Crippen LogP contribution >= 0.6 is 0 Å². The highest BCUT2D eigenvalue weighted by molar-refractivity contribution is 7.92. The molecule has 4 aromatic carbocycles. The first-order chi connectivity index (χ1) is 15.9. The van der Waals surface area contributed by atoms with E-state index in [1.807, 2.05) is 37.3 Å². The van der Waals surface area contributed by atoms with Gasteiger partial charge in [0, 0.05) is 18.2 Å². The largest absolute Gasteiger partial charge is 0.348 e. The Morgan fingerprint density at radius 2 is 1.67 bits per heavy atom. The number of hydrogen-bond acceptors (Lipinski definition) is 3. The van der Waals surface area contributed by atoms with Crippen LogP contribution in [0.5, 0.6) is 0 Å². The molecular weight excluding hydrogens is 432 g/mol. The first kappa shape index (κ1) is 21.2. The van der Waals surface area contributed by atoms with Crippen LogP contribution in [0.3, 0.4) is 0 Å². The van der Waals surface area contributed by atoms with Crippen molar-refractivity contribution in [2.45, 2.75) is 30.8 Å². The molecule has 0 fully saturated rings. The molecule has 0 spiro atoms. The van der Waals surface area contributed by atoms with E-state index in [1.54, 1.807) is 42.5 Å². The number of carbonyl (C=O) groups is 1. The number of nitrogens with zero attached hydrogens (tertiary/aromatic N) is 1. The van der Waals surface area contributed by atoms with Crippen molar-refractivity contribution in [2.24, 2.45) is 0 Å². The maximum atomic E-state index is 13.2. The SMILES string of the molecule is CC1Cc2cc(C(=O)NCc3cccc4ccccc34)ccc2N1S(=O)(=O)c1ccccc1. The number of amides is 1. The summed E-state index contributed by atoms with van der Waals surface area (Å²) >= 11 is 0. The van der Waals surface area contributed by atoms with E-state index in [-0.39, 0.29) is 16.8 Å². The van der Waals surface area contributed by atoms with Crippen molar-refractivity contribution in [2.75, 3.05) is 4.31 Å². The van der Waals surface area contributed by atoms with Crippen molar-refractivity contribution in [1.82, 2.24) is 5.32 Å². The van der Waals surface area contributed by atoms with Crippen LogP contribution in [0.25, 0.3) is 10.8 Å². The predicted molar refractivity (Wildman–Crippen MR) is 131 cm³/mol. The lowest BCUT2D eigenvalue weighted by Gasteiger charge is -2.24. The Hall–Kier alpha value is -3.64. The average molecular weight is 457 g/mol. The molecule has 4 aromatic rings. The average Bonchev–Trinajstić information content (AvgIpc) is 3.18. The third-order valence-corrected chi connectivity index (χ3v) is 8.06. The summed E-state index contributed by atoms with van der Waals surface area (Å²) in [4.78, 5) is 13.2. The van der Waals surface area contributed by atoms with Crippen molar-refractivity contribution in [3.05, 3.63) is 108 Å². The molecule has 0 bridgehead atoms. The molecule has 0 aromatic heterocycles. The van der Waals surface area contributed by atoms with Crippen molar-refractivity contribution in [3.63, 3.8) is 0 Å². The van der Waals surface area contributed by atoms with Gasteiger partial charge >= 0.3 is 0 Å². The van der Waals surface area contributed by atoms with Gasteiger partial charge in [0.2, 0.25) is 0 Å². The highest BCUT2D eigenvalue weighted by atomic mass is 32.2. The highest BCUT2D eigenvalue weighted by Crippen LogP contribution is 2.37. The topological polar surface area (TPSA) is 66.5 Å². The Morgan fingerprint density at radius 1 is 0.939 bits per heavy atom. The second-order valence-electron chi connectivity index (χ2n) is 8.33. The van der Waals surface area contributed by atoms with E-state index in [0.29, 0.717) is 24.2 Å². The van der Waals surface area contributed by atoms with Crippen molar-refractivity contribution in [1.29, 1.82) is 0 Å². The van der Waals surface area contributed by atoms with Gasteiger partial charge in [-0.3, -0.25) is 9.10 Å². The van der Waals surface area contributed by atoms with Gasteiger partial charge in [0.1, 0.15) is 0 Å². The molecule has 1 aliphatic heterocycles. The summed E-state index contributed by atoms with van der Waals surface area (Å²) < 4.78 is 27.9. The van der Waals surface area contributed by atoms with Crippen LogP contribution in [0.4, 0.5) is 5.69 Å². The number of hydrogen-bond donors (Lipinski definition) is 1. The number of carbonyl (C=O) groups excluding carboxylic acids is 1. The highest BCUT2D eigenvalue weighted by Gasteiger charge is 2.36. The molecule has 0 saturated heterocycles. The molecule has 0 saturated carbocycles. The summed E-state index contributed by atoms with van der Waals surface area (Å²) in [6.45, 7) is 2.31. The fraction of sp³-hybridized carbons (Fsp3) is 0.148. The second-order valence-corrected chi connectivity index (χ2v) is 10.1. The van der Waals surface area contributed by atoms with Crippen LogP contribution in [0.2, 0.25) is 0 Å². The number of benzene rings is 4. The van der Waals surface area contributed by atoms with Crippen molar-refractivity contribution in [3.8, 4) is 0 Å². The molecule has 1 unspecified atom stereocenters. The zero-order valence-electron chi connectivity index (χ0n) is 18.2. The van der Waals surface area contributed by atoms with Crippen LogP contribution in [0, 0.1) is 0 Å². The van der Waals surface area contributed by atoms with Gasteiger partial charge in [-0.1, -0.05) is 60.7 Å². The van der Waals surface area contributed by atoms with Crippen molar-refractivity contribution < 1.29 is 13.2 Å². The molecule has 33 heavy (non-hydrogen) atoms. The van der Waals surface area contributed by atoms with E-state index in [9.17, 15) is 13.2 Å².